The zero-order valence-corrected chi connectivity index (χ0v) is 15.2. The van der Waals surface area contributed by atoms with Crippen LogP contribution in [0.3, 0.4) is 0 Å². The van der Waals surface area contributed by atoms with Crippen LogP contribution in [-0.2, 0) is 0 Å². The molecule has 1 aromatic heterocycles. The van der Waals surface area contributed by atoms with E-state index in [0.717, 1.165) is 11.4 Å². The van der Waals surface area contributed by atoms with Crippen molar-refractivity contribution in [2.45, 2.75) is 6.92 Å². The Hall–Kier alpha value is -2.64. The number of nitrogens with zero attached hydrogens (tertiary/aromatic N) is 1. The average molecular weight is 371 g/mol. The number of hydrogen-bond donors (Lipinski definition) is 2. The van der Waals surface area contributed by atoms with Crippen LogP contribution in [-0.4, -0.2) is 17.1 Å². The summed E-state index contributed by atoms with van der Waals surface area (Å²) < 4.78 is 7.62. The Morgan fingerprint density at radius 2 is 1.88 bits per heavy atom. The second-order valence-electron chi connectivity index (χ2n) is 5.16. The molecule has 0 saturated carbocycles. The number of hydrogen-bond acceptors (Lipinski definition) is 5. The van der Waals surface area contributed by atoms with E-state index in [2.05, 4.69) is 5.32 Å². The van der Waals surface area contributed by atoms with Gasteiger partial charge in [0, 0.05) is 11.4 Å². The lowest BCUT2D eigenvalue weighted by atomic mass is 10.3. The second-order valence-corrected chi connectivity index (χ2v) is 6.81. The van der Waals surface area contributed by atoms with E-state index in [0.29, 0.717) is 26.9 Å². The minimum absolute atomic E-state index is 0.285. The van der Waals surface area contributed by atoms with Crippen molar-refractivity contribution in [3.8, 4) is 11.4 Å². The number of aromatic nitrogens is 1. The summed E-state index contributed by atoms with van der Waals surface area (Å²) in [6.45, 7) is 2.52. The van der Waals surface area contributed by atoms with Crippen LogP contribution in [0, 0.1) is 3.95 Å². The van der Waals surface area contributed by atoms with Gasteiger partial charge in [0.2, 0.25) is 0 Å². The van der Waals surface area contributed by atoms with Crippen molar-refractivity contribution in [3.05, 3.63) is 63.4 Å². The number of rotatable bonds is 5. The Kier molecular flexibility index (Phi) is 5.16. The zero-order valence-electron chi connectivity index (χ0n) is 13.6. The van der Waals surface area contributed by atoms with Gasteiger partial charge in [-0.3, -0.25) is 9.36 Å². The maximum atomic E-state index is 12.6. The van der Waals surface area contributed by atoms with Crippen LogP contribution in [0.1, 0.15) is 16.6 Å². The molecular formula is C18H17N3O2S2. The lowest BCUT2D eigenvalue weighted by Crippen LogP contribution is -2.13. The van der Waals surface area contributed by atoms with Gasteiger partial charge in [-0.2, -0.15) is 0 Å². The first-order valence-electron chi connectivity index (χ1n) is 7.71. The number of nitrogen functional groups attached to an aromatic ring is 1. The Bertz CT molecular complexity index is 931. The van der Waals surface area contributed by atoms with Crippen molar-refractivity contribution in [1.29, 1.82) is 0 Å². The molecular weight excluding hydrogens is 354 g/mol. The molecule has 5 nitrogen and oxygen atoms in total. The molecule has 0 aliphatic carbocycles. The quantitative estimate of drug-likeness (QED) is 0.648. The van der Waals surface area contributed by atoms with Crippen LogP contribution < -0.4 is 15.8 Å². The molecule has 7 heteroatoms. The van der Waals surface area contributed by atoms with Crippen molar-refractivity contribution >= 4 is 41.0 Å². The van der Waals surface area contributed by atoms with Gasteiger partial charge in [0.05, 0.1) is 6.61 Å². The molecule has 2 aromatic carbocycles. The summed E-state index contributed by atoms with van der Waals surface area (Å²) in [5, 5.41) is 2.84. The number of ether oxygens (including phenoxy) is 1. The van der Waals surface area contributed by atoms with Crippen LogP contribution in [0.5, 0.6) is 5.75 Å². The fourth-order valence-corrected chi connectivity index (χ4v) is 3.62. The van der Waals surface area contributed by atoms with E-state index < -0.39 is 0 Å². The molecule has 0 bridgehead atoms. The first-order valence-corrected chi connectivity index (χ1v) is 8.93. The van der Waals surface area contributed by atoms with Gasteiger partial charge in [-0.05, 0) is 55.5 Å². The highest BCUT2D eigenvalue weighted by molar-refractivity contribution is 7.73. The average Bonchev–Trinajstić information content (AvgIpc) is 2.92. The molecule has 3 aromatic rings. The third-order valence-corrected chi connectivity index (χ3v) is 4.88. The number of benzene rings is 2. The molecule has 128 valence electrons. The van der Waals surface area contributed by atoms with Gasteiger partial charge in [0.25, 0.3) is 5.91 Å². The van der Waals surface area contributed by atoms with Crippen LogP contribution in [0.4, 0.5) is 11.5 Å². The molecule has 0 aliphatic heterocycles. The van der Waals surface area contributed by atoms with Crippen molar-refractivity contribution in [2.75, 3.05) is 17.7 Å². The highest BCUT2D eigenvalue weighted by atomic mass is 32.1. The van der Waals surface area contributed by atoms with Gasteiger partial charge in [0.1, 0.15) is 16.4 Å². The van der Waals surface area contributed by atoms with Crippen molar-refractivity contribution < 1.29 is 9.53 Å². The predicted molar refractivity (Wildman–Crippen MR) is 104 cm³/mol. The molecule has 1 amide bonds. The van der Waals surface area contributed by atoms with E-state index >= 15 is 0 Å². The Balaban J connectivity index is 1.85. The molecule has 0 fully saturated rings. The lowest BCUT2D eigenvalue weighted by Gasteiger charge is -2.08. The van der Waals surface area contributed by atoms with Crippen LogP contribution in [0.25, 0.3) is 5.69 Å². The van der Waals surface area contributed by atoms with E-state index in [1.165, 1.54) is 11.3 Å². The van der Waals surface area contributed by atoms with Crippen LogP contribution >= 0.6 is 23.6 Å². The van der Waals surface area contributed by atoms with Crippen LogP contribution in [0.15, 0.2) is 54.6 Å². The third kappa shape index (κ3) is 3.72. The number of nitrogens with one attached hydrogen (secondary N) is 1. The Morgan fingerprint density at radius 1 is 1.20 bits per heavy atom. The highest BCUT2D eigenvalue weighted by Gasteiger charge is 2.18. The molecule has 25 heavy (non-hydrogen) atoms. The molecule has 0 aliphatic rings. The summed E-state index contributed by atoms with van der Waals surface area (Å²) in [6, 6.07) is 16.7. The lowest BCUT2D eigenvalue weighted by molar-refractivity contribution is 0.103. The van der Waals surface area contributed by atoms with E-state index in [9.17, 15) is 4.79 Å². The second kappa shape index (κ2) is 7.50. The molecule has 0 spiro atoms. The van der Waals surface area contributed by atoms with E-state index in [-0.39, 0.29) is 5.91 Å². The van der Waals surface area contributed by atoms with Crippen molar-refractivity contribution in [2.24, 2.45) is 0 Å². The number of thiazole rings is 1. The minimum Gasteiger partial charge on any atom is -0.494 e. The number of carbonyl (C=O) groups excluding carboxylic acids is 1. The van der Waals surface area contributed by atoms with Gasteiger partial charge in [-0.25, -0.2) is 0 Å². The normalized spacial score (nSPS) is 10.4. The number of para-hydroxylation sites is 1. The monoisotopic (exact) mass is 371 g/mol. The van der Waals surface area contributed by atoms with Gasteiger partial charge < -0.3 is 15.8 Å². The largest absolute Gasteiger partial charge is 0.494 e. The van der Waals surface area contributed by atoms with Crippen LogP contribution in [0.2, 0.25) is 0 Å². The predicted octanol–water partition coefficient (Wildman–Crippen LogP) is 4.50. The summed E-state index contributed by atoms with van der Waals surface area (Å²) in [4.78, 5) is 13.0. The fraction of sp³-hybridized carbons (Fsp3) is 0.111. The zero-order chi connectivity index (χ0) is 17.8. The summed E-state index contributed by atoms with van der Waals surface area (Å²) in [7, 11) is 0. The highest BCUT2D eigenvalue weighted by Crippen LogP contribution is 2.27. The van der Waals surface area contributed by atoms with Gasteiger partial charge in [0.15, 0.2) is 3.95 Å². The molecule has 0 saturated heterocycles. The SMILES string of the molecule is CCOc1ccc(NC(=O)c2sc(=S)n(-c3ccccc3)c2N)cc1. The molecule has 3 rings (SSSR count). The smallest absolute Gasteiger partial charge is 0.269 e. The number of amides is 1. The van der Waals surface area contributed by atoms with Gasteiger partial charge in [-0.1, -0.05) is 29.5 Å². The molecule has 1 heterocycles. The number of anilines is 2. The number of nitrogens with two attached hydrogens (primary N) is 1. The summed E-state index contributed by atoms with van der Waals surface area (Å²) in [6.07, 6.45) is 0. The van der Waals surface area contributed by atoms with Crippen molar-refractivity contribution in [3.63, 3.8) is 0 Å². The van der Waals surface area contributed by atoms with E-state index in [1.807, 2.05) is 37.3 Å². The first kappa shape index (κ1) is 17.2. The standard InChI is InChI=1S/C18H17N3O2S2/c1-2-23-14-10-8-12(9-11-14)20-17(22)15-16(19)21(18(24)25-15)13-6-4-3-5-7-13/h3-11H,2,19H2,1H3,(H,20,22). The van der Waals surface area contributed by atoms with Gasteiger partial charge in [-0.15, -0.1) is 0 Å². The van der Waals surface area contributed by atoms with E-state index in [1.54, 1.807) is 28.8 Å². The van der Waals surface area contributed by atoms with Gasteiger partial charge >= 0.3 is 0 Å². The molecule has 3 N–H and O–H groups in total. The van der Waals surface area contributed by atoms with Crippen molar-refractivity contribution in [1.82, 2.24) is 4.57 Å². The minimum atomic E-state index is -0.285. The first-order chi connectivity index (χ1) is 12.1. The molecule has 0 unspecified atom stereocenters. The van der Waals surface area contributed by atoms with E-state index in [4.69, 9.17) is 22.7 Å². The fourth-order valence-electron chi connectivity index (χ4n) is 2.36. The third-order valence-electron chi connectivity index (χ3n) is 3.49. The summed E-state index contributed by atoms with van der Waals surface area (Å²) in [5.74, 6) is 0.808. The topological polar surface area (TPSA) is 69.3 Å². The molecule has 0 atom stereocenters. The molecule has 0 radical (unpaired) electrons. The summed E-state index contributed by atoms with van der Waals surface area (Å²) >= 11 is 6.57. The Labute approximate surface area is 154 Å². The number of carbonyl (C=O) groups is 1. The maximum Gasteiger partial charge on any atom is 0.269 e. The Morgan fingerprint density at radius 3 is 2.52 bits per heavy atom. The summed E-state index contributed by atoms with van der Waals surface area (Å²) in [5.41, 5.74) is 7.68. The maximum absolute atomic E-state index is 12.6.